The lowest BCUT2D eigenvalue weighted by molar-refractivity contribution is 0.183. The van der Waals surface area contributed by atoms with Crippen molar-refractivity contribution in [3.05, 3.63) is 12.4 Å². The highest BCUT2D eigenvalue weighted by molar-refractivity contribution is 5.39. The Hall–Kier alpha value is -1.03. The molecule has 0 bridgehead atoms. The van der Waals surface area contributed by atoms with Gasteiger partial charge in [0.2, 0.25) is 0 Å². The number of anilines is 1. The van der Waals surface area contributed by atoms with E-state index in [0.29, 0.717) is 12.6 Å². The van der Waals surface area contributed by atoms with Crippen molar-refractivity contribution >= 4 is 5.69 Å². The van der Waals surface area contributed by atoms with Gasteiger partial charge in [0.25, 0.3) is 0 Å². The molecule has 0 amide bonds. The number of hydrogen-bond donors (Lipinski definition) is 1. The fraction of sp³-hybridized carbons (Fsp3) is 0.824. The normalized spacial score (nSPS) is 11.2. The number of ether oxygens (including phenoxy) is 1. The number of aromatic nitrogens is 2. The van der Waals surface area contributed by atoms with Crippen molar-refractivity contribution in [1.29, 1.82) is 0 Å². The van der Waals surface area contributed by atoms with E-state index in [4.69, 9.17) is 4.74 Å². The van der Waals surface area contributed by atoms with Gasteiger partial charge >= 0.3 is 0 Å². The van der Waals surface area contributed by atoms with E-state index in [1.807, 2.05) is 10.9 Å². The molecule has 0 aliphatic rings. The molecule has 1 rings (SSSR count). The molecular weight excluding hydrogens is 262 g/mol. The maximum absolute atomic E-state index is 5.09. The Bertz CT molecular complexity index is 342. The number of hydrogen-bond acceptors (Lipinski definition) is 3. The summed E-state index contributed by atoms with van der Waals surface area (Å²) in [6.07, 6.45) is 14.4. The van der Waals surface area contributed by atoms with Crippen LogP contribution in [0, 0.1) is 0 Å². The molecule has 0 aromatic carbocycles. The fourth-order valence-electron chi connectivity index (χ4n) is 2.55. The molecule has 122 valence electrons. The van der Waals surface area contributed by atoms with Crippen molar-refractivity contribution < 1.29 is 4.74 Å². The summed E-state index contributed by atoms with van der Waals surface area (Å²) in [5.74, 6) is 0. The quantitative estimate of drug-likeness (QED) is 0.546. The van der Waals surface area contributed by atoms with Crippen LogP contribution in [0.5, 0.6) is 0 Å². The lowest BCUT2D eigenvalue weighted by atomic mass is 10.0. The maximum atomic E-state index is 5.09. The van der Waals surface area contributed by atoms with Crippen molar-refractivity contribution in [2.24, 2.45) is 0 Å². The van der Waals surface area contributed by atoms with Gasteiger partial charge in [-0.05, 0) is 12.8 Å². The summed E-state index contributed by atoms with van der Waals surface area (Å²) in [6, 6.07) is 0.586. The number of methoxy groups -OCH3 is 1. The number of nitrogens with one attached hydrogen (secondary N) is 1. The van der Waals surface area contributed by atoms with E-state index in [0.717, 1.165) is 12.2 Å². The highest BCUT2D eigenvalue weighted by atomic mass is 16.5. The summed E-state index contributed by atoms with van der Waals surface area (Å²) >= 11 is 0. The molecule has 0 unspecified atom stereocenters. The molecule has 0 saturated heterocycles. The van der Waals surface area contributed by atoms with Crippen LogP contribution in [0.4, 0.5) is 5.69 Å². The Kier molecular flexibility index (Phi) is 9.96. The lowest BCUT2D eigenvalue weighted by Gasteiger charge is -2.18. The van der Waals surface area contributed by atoms with Gasteiger partial charge in [-0.2, -0.15) is 5.10 Å². The Labute approximate surface area is 130 Å². The van der Waals surface area contributed by atoms with Crippen molar-refractivity contribution in [2.45, 2.75) is 77.8 Å². The van der Waals surface area contributed by atoms with E-state index in [-0.39, 0.29) is 0 Å². The molecule has 4 nitrogen and oxygen atoms in total. The Morgan fingerprint density at radius 1 is 1.14 bits per heavy atom. The minimum atomic E-state index is 0.586. The first-order chi connectivity index (χ1) is 10.3. The molecule has 0 radical (unpaired) electrons. The van der Waals surface area contributed by atoms with Gasteiger partial charge in [-0.15, -0.1) is 0 Å². The van der Waals surface area contributed by atoms with Crippen LogP contribution < -0.4 is 5.32 Å². The first-order valence-corrected chi connectivity index (χ1v) is 8.58. The minimum Gasteiger partial charge on any atom is -0.383 e. The molecule has 1 aromatic heterocycles. The molecule has 0 fully saturated rings. The zero-order chi connectivity index (χ0) is 15.3. The number of nitrogens with zero attached hydrogens (tertiary/aromatic N) is 2. The highest BCUT2D eigenvalue weighted by Crippen LogP contribution is 2.16. The molecule has 1 aromatic rings. The van der Waals surface area contributed by atoms with Crippen molar-refractivity contribution in [3.63, 3.8) is 0 Å². The van der Waals surface area contributed by atoms with Crippen LogP contribution in [0.3, 0.4) is 0 Å². The zero-order valence-electron chi connectivity index (χ0n) is 14.1. The van der Waals surface area contributed by atoms with Gasteiger partial charge in [-0.25, -0.2) is 0 Å². The summed E-state index contributed by atoms with van der Waals surface area (Å²) in [7, 11) is 1.72. The standard InChI is InChI=1S/C17H33N3O/c1-4-6-8-10-16(11-9-7-5-2)19-17-14-18-20(15-17)12-13-21-3/h14-16,19H,4-13H2,1-3H3. The largest absolute Gasteiger partial charge is 0.383 e. The molecular formula is C17H33N3O. The van der Waals surface area contributed by atoms with Crippen molar-refractivity contribution in [1.82, 2.24) is 9.78 Å². The average Bonchev–Trinajstić information content (AvgIpc) is 2.93. The maximum Gasteiger partial charge on any atom is 0.0728 e. The van der Waals surface area contributed by atoms with Crippen LogP contribution in [-0.2, 0) is 11.3 Å². The van der Waals surface area contributed by atoms with Crippen LogP contribution in [0.15, 0.2) is 12.4 Å². The van der Waals surface area contributed by atoms with E-state index in [1.54, 1.807) is 7.11 Å². The van der Waals surface area contributed by atoms with E-state index in [1.165, 1.54) is 51.4 Å². The second-order valence-corrected chi connectivity index (χ2v) is 5.82. The monoisotopic (exact) mass is 295 g/mol. The Balaban J connectivity index is 2.43. The van der Waals surface area contributed by atoms with Gasteiger partial charge in [-0.1, -0.05) is 52.4 Å². The van der Waals surface area contributed by atoms with Gasteiger partial charge in [0.05, 0.1) is 25.0 Å². The second-order valence-electron chi connectivity index (χ2n) is 5.82. The molecule has 0 atom stereocenters. The zero-order valence-corrected chi connectivity index (χ0v) is 14.1. The third-order valence-electron chi connectivity index (χ3n) is 3.84. The Morgan fingerprint density at radius 2 is 1.81 bits per heavy atom. The molecule has 1 heterocycles. The summed E-state index contributed by atoms with van der Waals surface area (Å²) < 4.78 is 7.03. The van der Waals surface area contributed by atoms with Gasteiger partial charge in [0.1, 0.15) is 0 Å². The first kappa shape index (κ1) is 18.0. The molecule has 4 heteroatoms. The molecule has 0 aliphatic carbocycles. The van der Waals surface area contributed by atoms with E-state index in [9.17, 15) is 0 Å². The van der Waals surface area contributed by atoms with E-state index in [2.05, 4.69) is 30.5 Å². The van der Waals surface area contributed by atoms with Crippen LogP contribution in [0.25, 0.3) is 0 Å². The summed E-state index contributed by atoms with van der Waals surface area (Å²) in [5, 5.41) is 8.04. The molecule has 1 N–H and O–H groups in total. The van der Waals surface area contributed by atoms with Crippen LogP contribution in [0.1, 0.15) is 65.2 Å². The lowest BCUT2D eigenvalue weighted by Crippen LogP contribution is -2.19. The number of rotatable bonds is 13. The van der Waals surface area contributed by atoms with Crippen LogP contribution in [-0.4, -0.2) is 29.5 Å². The van der Waals surface area contributed by atoms with Crippen LogP contribution >= 0.6 is 0 Å². The van der Waals surface area contributed by atoms with Gasteiger partial charge in [0, 0.05) is 19.3 Å². The van der Waals surface area contributed by atoms with Gasteiger partial charge < -0.3 is 10.1 Å². The van der Waals surface area contributed by atoms with E-state index < -0.39 is 0 Å². The van der Waals surface area contributed by atoms with Crippen LogP contribution in [0.2, 0.25) is 0 Å². The third kappa shape index (κ3) is 8.10. The molecule has 0 saturated carbocycles. The minimum absolute atomic E-state index is 0.586. The second kappa shape index (κ2) is 11.6. The highest BCUT2D eigenvalue weighted by Gasteiger charge is 2.09. The van der Waals surface area contributed by atoms with Crippen molar-refractivity contribution in [2.75, 3.05) is 19.0 Å². The summed E-state index contributed by atoms with van der Waals surface area (Å²) in [6.45, 7) is 6.05. The SMILES string of the molecule is CCCCCC(CCCCC)Nc1cnn(CCOC)c1. The average molecular weight is 295 g/mol. The summed E-state index contributed by atoms with van der Waals surface area (Å²) in [5.41, 5.74) is 1.14. The fourth-order valence-corrected chi connectivity index (χ4v) is 2.55. The topological polar surface area (TPSA) is 39.1 Å². The van der Waals surface area contributed by atoms with Crippen molar-refractivity contribution in [3.8, 4) is 0 Å². The molecule has 0 aliphatic heterocycles. The predicted octanol–water partition coefficient (Wildman–Crippen LogP) is 4.47. The molecule has 21 heavy (non-hydrogen) atoms. The first-order valence-electron chi connectivity index (χ1n) is 8.58. The summed E-state index contributed by atoms with van der Waals surface area (Å²) in [4.78, 5) is 0. The smallest absolute Gasteiger partial charge is 0.0728 e. The van der Waals surface area contributed by atoms with E-state index >= 15 is 0 Å². The third-order valence-corrected chi connectivity index (χ3v) is 3.84. The molecule has 0 spiro atoms. The predicted molar refractivity (Wildman–Crippen MR) is 89.8 cm³/mol. The Morgan fingerprint density at radius 3 is 2.38 bits per heavy atom. The van der Waals surface area contributed by atoms with Gasteiger partial charge in [0.15, 0.2) is 0 Å². The number of unbranched alkanes of at least 4 members (excludes halogenated alkanes) is 4. The van der Waals surface area contributed by atoms with Gasteiger partial charge in [-0.3, -0.25) is 4.68 Å².